The Labute approximate surface area is 187 Å². The van der Waals surface area contributed by atoms with Crippen LogP contribution in [-0.2, 0) is 6.42 Å². The Hall–Kier alpha value is -4.52. The van der Waals surface area contributed by atoms with E-state index in [4.69, 9.17) is 11.5 Å². The standard InChI is InChI=1S/C23H19F2N7O/c24-15-5-1-3-13(9-15)19-14(10-17-7-6-16(25)12-32(17)22(19)33)4-2-8-29-21-18(11-26)20(27)30-23(28)31-21/h1,3,5-7,9-10,12H,2,4,8H2,(H5,27,28,29,30,31). The molecule has 0 radical (unpaired) electrons. The second-order valence-electron chi connectivity index (χ2n) is 7.34. The third kappa shape index (κ3) is 4.43. The number of rotatable bonds is 6. The van der Waals surface area contributed by atoms with E-state index in [1.807, 2.05) is 6.07 Å². The second-order valence-corrected chi connectivity index (χ2v) is 7.34. The number of nitrogens with two attached hydrogens (primary N) is 2. The zero-order chi connectivity index (χ0) is 23.5. The monoisotopic (exact) mass is 447 g/mol. The van der Waals surface area contributed by atoms with Crippen LogP contribution in [0.1, 0.15) is 17.5 Å². The van der Waals surface area contributed by atoms with Crippen molar-refractivity contribution in [1.82, 2.24) is 14.4 Å². The highest BCUT2D eigenvalue weighted by Gasteiger charge is 2.15. The fourth-order valence-electron chi connectivity index (χ4n) is 3.66. The first-order chi connectivity index (χ1) is 15.9. The van der Waals surface area contributed by atoms with E-state index in [0.29, 0.717) is 41.6 Å². The summed E-state index contributed by atoms with van der Waals surface area (Å²) in [5, 5.41) is 12.3. The third-order valence-corrected chi connectivity index (χ3v) is 5.11. The number of aromatic nitrogens is 3. The number of nitrogens with one attached hydrogen (secondary N) is 1. The van der Waals surface area contributed by atoms with Crippen molar-refractivity contribution in [3.05, 3.63) is 81.8 Å². The molecule has 0 spiro atoms. The zero-order valence-corrected chi connectivity index (χ0v) is 17.3. The Morgan fingerprint density at radius 3 is 2.67 bits per heavy atom. The van der Waals surface area contributed by atoms with Crippen LogP contribution >= 0.6 is 0 Å². The van der Waals surface area contributed by atoms with Gasteiger partial charge in [-0.2, -0.15) is 15.2 Å². The summed E-state index contributed by atoms with van der Waals surface area (Å²) in [4.78, 5) is 21.0. The third-order valence-electron chi connectivity index (χ3n) is 5.11. The maximum absolute atomic E-state index is 13.9. The number of nitrogen functional groups attached to an aromatic ring is 2. The number of hydrogen-bond donors (Lipinski definition) is 3. The van der Waals surface area contributed by atoms with Gasteiger partial charge in [-0.1, -0.05) is 12.1 Å². The lowest BCUT2D eigenvalue weighted by atomic mass is 9.97. The maximum atomic E-state index is 13.9. The molecule has 0 fully saturated rings. The molecule has 0 saturated heterocycles. The van der Waals surface area contributed by atoms with Crippen LogP contribution in [0.25, 0.3) is 16.6 Å². The van der Waals surface area contributed by atoms with Gasteiger partial charge in [0.2, 0.25) is 5.95 Å². The molecule has 0 aliphatic heterocycles. The van der Waals surface area contributed by atoms with Crippen molar-refractivity contribution in [2.75, 3.05) is 23.3 Å². The van der Waals surface area contributed by atoms with Gasteiger partial charge in [-0.15, -0.1) is 0 Å². The first-order valence-corrected chi connectivity index (χ1v) is 10.0. The molecule has 0 aliphatic rings. The van der Waals surface area contributed by atoms with Crippen molar-refractivity contribution in [3.8, 4) is 17.2 Å². The van der Waals surface area contributed by atoms with Gasteiger partial charge in [0.1, 0.15) is 29.1 Å². The number of hydrogen-bond acceptors (Lipinski definition) is 7. The highest BCUT2D eigenvalue weighted by atomic mass is 19.1. The van der Waals surface area contributed by atoms with Gasteiger partial charge in [0.15, 0.2) is 5.82 Å². The van der Waals surface area contributed by atoms with Gasteiger partial charge in [-0.3, -0.25) is 9.20 Å². The van der Waals surface area contributed by atoms with Crippen LogP contribution in [0.15, 0.2) is 53.5 Å². The van der Waals surface area contributed by atoms with E-state index < -0.39 is 17.2 Å². The van der Waals surface area contributed by atoms with Gasteiger partial charge in [-0.05, 0) is 54.3 Å². The summed E-state index contributed by atoms with van der Waals surface area (Å²) >= 11 is 0. The molecular weight excluding hydrogens is 428 g/mol. The molecule has 4 aromatic rings. The molecule has 0 saturated carbocycles. The molecular formula is C23H19F2N7O. The lowest BCUT2D eigenvalue weighted by molar-refractivity contribution is 0.618. The van der Waals surface area contributed by atoms with Crippen LogP contribution in [0.5, 0.6) is 0 Å². The highest BCUT2D eigenvalue weighted by Crippen LogP contribution is 2.24. The van der Waals surface area contributed by atoms with Crippen molar-refractivity contribution in [2.45, 2.75) is 12.8 Å². The van der Waals surface area contributed by atoms with Crippen LogP contribution in [0.3, 0.4) is 0 Å². The summed E-state index contributed by atoms with van der Waals surface area (Å²) in [6, 6.07) is 12.2. The molecule has 0 atom stereocenters. The molecule has 8 nitrogen and oxygen atoms in total. The van der Waals surface area contributed by atoms with Crippen molar-refractivity contribution in [3.63, 3.8) is 0 Å². The molecule has 0 bridgehead atoms. The number of fused-ring (bicyclic) bond motifs is 1. The first kappa shape index (κ1) is 21.7. The fourth-order valence-corrected chi connectivity index (χ4v) is 3.66. The van der Waals surface area contributed by atoms with Gasteiger partial charge in [-0.25, -0.2) is 8.78 Å². The summed E-state index contributed by atoms with van der Waals surface area (Å²) in [7, 11) is 0. The number of nitrogens with zero attached hydrogens (tertiary/aromatic N) is 4. The van der Waals surface area contributed by atoms with Gasteiger partial charge >= 0.3 is 0 Å². The van der Waals surface area contributed by atoms with Crippen LogP contribution in [0, 0.1) is 23.0 Å². The number of anilines is 3. The summed E-state index contributed by atoms with van der Waals surface area (Å²) in [6.45, 7) is 0.385. The number of benzene rings is 1. The molecule has 3 aromatic heterocycles. The van der Waals surface area contributed by atoms with Gasteiger partial charge in [0, 0.05) is 18.3 Å². The number of nitriles is 1. The van der Waals surface area contributed by atoms with Crippen LogP contribution < -0.4 is 22.3 Å². The van der Waals surface area contributed by atoms with Crippen molar-refractivity contribution in [1.29, 1.82) is 5.26 Å². The van der Waals surface area contributed by atoms with E-state index in [1.165, 1.54) is 34.7 Å². The predicted molar refractivity (Wildman–Crippen MR) is 121 cm³/mol. The maximum Gasteiger partial charge on any atom is 0.263 e. The summed E-state index contributed by atoms with van der Waals surface area (Å²) in [5.74, 6) is -0.884. The Balaban J connectivity index is 1.65. The Bertz CT molecular complexity index is 1460. The van der Waals surface area contributed by atoms with Crippen LogP contribution in [-0.4, -0.2) is 20.9 Å². The molecule has 0 unspecified atom stereocenters. The van der Waals surface area contributed by atoms with Crippen molar-refractivity contribution < 1.29 is 8.78 Å². The average molecular weight is 447 g/mol. The lowest BCUT2D eigenvalue weighted by Gasteiger charge is -2.13. The summed E-state index contributed by atoms with van der Waals surface area (Å²) < 4.78 is 28.9. The number of pyridine rings is 2. The minimum Gasteiger partial charge on any atom is -0.382 e. The molecule has 3 heterocycles. The smallest absolute Gasteiger partial charge is 0.263 e. The Morgan fingerprint density at radius 1 is 1.09 bits per heavy atom. The molecule has 1 aromatic carbocycles. The van der Waals surface area contributed by atoms with Gasteiger partial charge < -0.3 is 16.8 Å². The SMILES string of the molecule is N#Cc1c(N)nc(N)nc1NCCCc1cc2ccc(F)cn2c(=O)c1-c1cccc(F)c1. The van der Waals surface area contributed by atoms with Gasteiger partial charge in [0.25, 0.3) is 5.56 Å². The van der Waals surface area contributed by atoms with E-state index in [2.05, 4.69) is 15.3 Å². The first-order valence-electron chi connectivity index (χ1n) is 10.0. The number of halogens is 2. The topological polar surface area (TPSA) is 135 Å². The van der Waals surface area contributed by atoms with Crippen molar-refractivity contribution >= 4 is 23.1 Å². The minimum absolute atomic E-state index is 0.0179. The van der Waals surface area contributed by atoms with Crippen molar-refractivity contribution in [2.24, 2.45) is 0 Å². The molecule has 33 heavy (non-hydrogen) atoms. The van der Waals surface area contributed by atoms with E-state index in [-0.39, 0.29) is 23.1 Å². The van der Waals surface area contributed by atoms with E-state index in [0.717, 1.165) is 6.20 Å². The molecule has 4 rings (SSSR count). The normalized spacial score (nSPS) is 10.8. The molecule has 0 amide bonds. The minimum atomic E-state index is -0.552. The fraction of sp³-hybridized carbons (Fsp3) is 0.130. The molecule has 166 valence electrons. The van der Waals surface area contributed by atoms with Gasteiger partial charge in [0.05, 0.1) is 5.56 Å². The largest absolute Gasteiger partial charge is 0.382 e. The quantitative estimate of drug-likeness (QED) is 0.387. The van der Waals surface area contributed by atoms with E-state index >= 15 is 0 Å². The van der Waals surface area contributed by atoms with Crippen LogP contribution in [0.2, 0.25) is 0 Å². The zero-order valence-electron chi connectivity index (χ0n) is 17.3. The van der Waals surface area contributed by atoms with Crippen LogP contribution in [0.4, 0.5) is 26.4 Å². The number of aryl methyl sites for hydroxylation is 1. The lowest BCUT2D eigenvalue weighted by Crippen LogP contribution is -2.19. The predicted octanol–water partition coefficient (Wildman–Crippen LogP) is 3.12. The Morgan fingerprint density at radius 2 is 1.91 bits per heavy atom. The summed E-state index contributed by atoms with van der Waals surface area (Å²) in [6.07, 6.45) is 2.09. The molecule has 5 N–H and O–H groups in total. The highest BCUT2D eigenvalue weighted by molar-refractivity contribution is 5.70. The second kappa shape index (κ2) is 8.92. The average Bonchev–Trinajstić information content (AvgIpc) is 2.77. The Kier molecular flexibility index (Phi) is 5.87. The van der Waals surface area contributed by atoms with E-state index in [9.17, 15) is 18.8 Å². The summed E-state index contributed by atoms with van der Waals surface area (Å²) in [5.41, 5.74) is 12.9. The molecule has 0 aliphatic carbocycles. The molecule has 10 heteroatoms. The van der Waals surface area contributed by atoms with E-state index in [1.54, 1.807) is 12.1 Å².